The Kier molecular flexibility index (Phi) is 14.7. The van der Waals surface area contributed by atoms with Crippen molar-refractivity contribution in [3.05, 3.63) is 0 Å². The molecule has 0 aromatic carbocycles. The van der Waals surface area contributed by atoms with E-state index in [4.69, 9.17) is 9.84 Å². The monoisotopic (exact) mass is 371 g/mol. The van der Waals surface area contributed by atoms with Gasteiger partial charge in [-0.3, -0.25) is 14.4 Å². The van der Waals surface area contributed by atoms with Crippen molar-refractivity contribution in [2.75, 3.05) is 13.1 Å². The van der Waals surface area contributed by atoms with Crippen molar-refractivity contribution in [1.29, 1.82) is 0 Å². The number of hydrogen-bond donors (Lipinski definition) is 1. The molecule has 0 spiro atoms. The van der Waals surface area contributed by atoms with E-state index in [-0.39, 0.29) is 24.4 Å². The first-order valence-corrected chi connectivity index (χ1v) is 10.0. The molecule has 152 valence electrons. The molecule has 0 radical (unpaired) electrons. The number of carboxylic acids is 1. The summed E-state index contributed by atoms with van der Waals surface area (Å²) < 4.78 is 5.39. The van der Waals surface area contributed by atoms with Crippen LogP contribution in [0, 0.1) is 0 Å². The van der Waals surface area contributed by atoms with Gasteiger partial charge in [-0.15, -0.1) is 0 Å². The van der Waals surface area contributed by atoms with Crippen LogP contribution in [0.4, 0.5) is 0 Å². The number of nitrogens with zero attached hydrogens (tertiary/aromatic N) is 1. The number of hydrogen-bond acceptors (Lipinski definition) is 4. The van der Waals surface area contributed by atoms with Crippen LogP contribution < -0.4 is 0 Å². The predicted octanol–water partition coefficient (Wildman–Crippen LogP) is 4.16. The van der Waals surface area contributed by atoms with E-state index < -0.39 is 5.97 Å². The third-order valence-electron chi connectivity index (χ3n) is 4.43. The molecule has 1 unspecified atom stereocenters. The summed E-state index contributed by atoms with van der Waals surface area (Å²) >= 11 is 0. The minimum Gasteiger partial charge on any atom is -0.481 e. The third kappa shape index (κ3) is 14.7. The first kappa shape index (κ1) is 24.4. The highest BCUT2D eigenvalue weighted by atomic mass is 16.5. The maximum atomic E-state index is 11.8. The number of ether oxygens (including phenoxy) is 1. The van der Waals surface area contributed by atoms with Gasteiger partial charge in [0.15, 0.2) is 0 Å². The van der Waals surface area contributed by atoms with Crippen molar-refractivity contribution in [1.82, 2.24) is 4.90 Å². The maximum absolute atomic E-state index is 11.8. The number of carbonyl (C=O) groups excluding carboxylic acids is 2. The summed E-state index contributed by atoms with van der Waals surface area (Å²) in [7, 11) is 0. The molecule has 6 heteroatoms. The summed E-state index contributed by atoms with van der Waals surface area (Å²) in [5, 5.41) is 8.61. The van der Waals surface area contributed by atoms with E-state index in [1.165, 1.54) is 6.92 Å². The SMILES string of the molecule is CCCCCC(CCCN(CCCCCCC(=O)O)C(C)=O)OC(C)=O. The molecule has 0 rings (SSSR count). The lowest BCUT2D eigenvalue weighted by Crippen LogP contribution is -2.31. The van der Waals surface area contributed by atoms with Gasteiger partial charge < -0.3 is 14.7 Å². The van der Waals surface area contributed by atoms with Crippen LogP contribution in [-0.4, -0.2) is 47.0 Å². The molecule has 1 atom stereocenters. The maximum Gasteiger partial charge on any atom is 0.303 e. The lowest BCUT2D eigenvalue weighted by Gasteiger charge is -2.23. The number of aliphatic carboxylic acids is 1. The van der Waals surface area contributed by atoms with E-state index in [0.717, 1.165) is 57.8 Å². The molecule has 6 nitrogen and oxygen atoms in total. The fourth-order valence-corrected chi connectivity index (χ4v) is 2.99. The highest BCUT2D eigenvalue weighted by molar-refractivity contribution is 5.73. The highest BCUT2D eigenvalue weighted by Gasteiger charge is 2.14. The second-order valence-electron chi connectivity index (χ2n) is 6.93. The fourth-order valence-electron chi connectivity index (χ4n) is 2.99. The van der Waals surface area contributed by atoms with Crippen molar-refractivity contribution in [3.8, 4) is 0 Å². The topological polar surface area (TPSA) is 83.9 Å². The van der Waals surface area contributed by atoms with E-state index in [2.05, 4.69) is 6.92 Å². The third-order valence-corrected chi connectivity index (χ3v) is 4.43. The van der Waals surface area contributed by atoms with Gasteiger partial charge in [-0.05, 0) is 38.5 Å². The van der Waals surface area contributed by atoms with Crippen LogP contribution in [0.25, 0.3) is 0 Å². The molecule has 0 aromatic rings. The Balaban J connectivity index is 4.09. The van der Waals surface area contributed by atoms with E-state index in [1.807, 2.05) is 4.90 Å². The quantitative estimate of drug-likeness (QED) is 0.325. The number of carboxylic acid groups (broad SMARTS) is 1. The molecular weight excluding hydrogens is 334 g/mol. The predicted molar refractivity (Wildman–Crippen MR) is 102 cm³/mol. The van der Waals surface area contributed by atoms with Gasteiger partial charge in [-0.2, -0.15) is 0 Å². The molecule has 0 fully saturated rings. The largest absolute Gasteiger partial charge is 0.481 e. The van der Waals surface area contributed by atoms with Crippen molar-refractivity contribution in [2.45, 2.75) is 97.5 Å². The number of carbonyl (C=O) groups is 3. The summed E-state index contributed by atoms with van der Waals surface area (Å²) in [6, 6.07) is 0. The first-order valence-electron chi connectivity index (χ1n) is 10.0. The van der Waals surface area contributed by atoms with Crippen molar-refractivity contribution in [3.63, 3.8) is 0 Å². The van der Waals surface area contributed by atoms with Crippen LogP contribution in [-0.2, 0) is 19.1 Å². The van der Waals surface area contributed by atoms with Gasteiger partial charge in [-0.1, -0.05) is 32.6 Å². The van der Waals surface area contributed by atoms with E-state index in [0.29, 0.717) is 19.5 Å². The number of amides is 1. The Morgan fingerprint density at radius 2 is 1.50 bits per heavy atom. The zero-order chi connectivity index (χ0) is 19.8. The van der Waals surface area contributed by atoms with E-state index in [1.54, 1.807) is 6.92 Å². The summed E-state index contributed by atoms with van der Waals surface area (Å²) in [4.78, 5) is 35.3. The van der Waals surface area contributed by atoms with Gasteiger partial charge in [0.2, 0.25) is 5.91 Å². The molecule has 0 aliphatic rings. The molecule has 26 heavy (non-hydrogen) atoms. The van der Waals surface area contributed by atoms with Crippen molar-refractivity contribution >= 4 is 17.8 Å². The molecular formula is C20H37NO5. The Hall–Kier alpha value is -1.59. The molecule has 1 N–H and O–H groups in total. The Morgan fingerprint density at radius 1 is 0.885 bits per heavy atom. The molecule has 1 amide bonds. The first-order chi connectivity index (χ1) is 12.4. The fraction of sp³-hybridized carbons (Fsp3) is 0.850. The molecule has 0 heterocycles. The average Bonchev–Trinajstić information content (AvgIpc) is 2.55. The molecule has 0 saturated heterocycles. The zero-order valence-corrected chi connectivity index (χ0v) is 16.8. The van der Waals surface area contributed by atoms with Gasteiger partial charge in [0.25, 0.3) is 0 Å². The molecule has 0 saturated carbocycles. The standard InChI is InChI=1S/C20H37NO5/c1-4-5-8-12-19(26-18(3)23)13-11-16-21(17(2)22)15-10-7-6-9-14-20(24)25/h19H,4-16H2,1-3H3,(H,24,25). The van der Waals surface area contributed by atoms with Crippen LogP contribution in [0.15, 0.2) is 0 Å². The van der Waals surface area contributed by atoms with Crippen LogP contribution in [0.3, 0.4) is 0 Å². The van der Waals surface area contributed by atoms with E-state index in [9.17, 15) is 14.4 Å². The molecule has 0 aliphatic carbocycles. The van der Waals surface area contributed by atoms with Crippen LogP contribution >= 0.6 is 0 Å². The lowest BCUT2D eigenvalue weighted by molar-refractivity contribution is -0.147. The molecule has 0 aromatic heterocycles. The van der Waals surface area contributed by atoms with Crippen LogP contribution in [0.1, 0.15) is 91.4 Å². The van der Waals surface area contributed by atoms with E-state index >= 15 is 0 Å². The normalized spacial score (nSPS) is 11.8. The zero-order valence-electron chi connectivity index (χ0n) is 16.8. The summed E-state index contributed by atoms with van der Waals surface area (Å²) in [6.45, 7) is 6.55. The lowest BCUT2D eigenvalue weighted by atomic mass is 10.1. The Morgan fingerprint density at radius 3 is 2.08 bits per heavy atom. The minimum absolute atomic E-state index is 0.0520. The summed E-state index contributed by atoms with van der Waals surface area (Å²) in [5.74, 6) is -0.932. The van der Waals surface area contributed by atoms with Gasteiger partial charge in [-0.25, -0.2) is 0 Å². The minimum atomic E-state index is -0.753. The van der Waals surface area contributed by atoms with Gasteiger partial charge in [0, 0.05) is 33.4 Å². The van der Waals surface area contributed by atoms with Crippen LogP contribution in [0.2, 0.25) is 0 Å². The summed E-state index contributed by atoms with van der Waals surface area (Å²) in [6.07, 6.45) is 9.38. The highest BCUT2D eigenvalue weighted by Crippen LogP contribution is 2.14. The van der Waals surface area contributed by atoms with Crippen LogP contribution in [0.5, 0.6) is 0 Å². The van der Waals surface area contributed by atoms with Gasteiger partial charge in [0.1, 0.15) is 6.10 Å². The summed E-state index contributed by atoms with van der Waals surface area (Å²) in [5.41, 5.74) is 0. The number of esters is 1. The van der Waals surface area contributed by atoms with Gasteiger partial charge >= 0.3 is 11.9 Å². The smallest absolute Gasteiger partial charge is 0.303 e. The Bertz CT molecular complexity index is 411. The average molecular weight is 372 g/mol. The number of unbranched alkanes of at least 4 members (excludes halogenated alkanes) is 5. The Labute approximate surface area is 158 Å². The molecule has 0 bridgehead atoms. The van der Waals surface area contributed by atoms with Crippen molar-refractivity contribution < 1.29 is 24.2 Å². The number of rotatable bonds is 16. The second kappa shape index (κ2) is 15.6. The van der Waals surface area contributed by atoms with Gasteiger partial charge in [0.05, 0.1) is 0 Å². The molecule has 0 aliphatic heterocycles. The second-order valence-corrected chi connectivity index (χ2v) is 6.93. The van der Waals surface area contributed by atoms with Crippen molar-refractivity contribution in [2.24, 2.45) is 0 Å².